The Hall–Kier alpha value is -3.01. The smallest absolute Gasteiger partial charge is 0.295 e. The quantitative estimate of drug-likeness (QED) is 0.349. The highest BCUT2D eigenvalue weighted by molar-refractivity contribution is 7.89. The molecule has 1 heterocycles. The van der Waals surface area contributed by atoms with E-state index >= 15 is 0 Å². The number of hydrogen-bond donors (Lipinski definition) is 1. The average Bonchev–Trinajstić information content (AvgIpc) is 3.07. The van der Waals surface area contributed by atoms with Gasteiger partial charge in [-0.05, 0) is 41.3 Å². The maximum atomic E-state index is 13.0. The fourth-order valence-electron chi connectivity index (χ4n) is 3.86. The summed E-state index contributed by atoms with van der Waals surface area (Å²) in [6, 6.07) is 12.4. The highest BCUT2D eigenvalue weighted by Crippen LogP contribution is 2.39. The lowest BCUT2D eigenvalue weighted by atomic mass is 9.93. The topological polar surface area (TPSA) is 104 Å². The molecule has 34 heavy (non-hydrogen) atoms. The third-order valence-corrected chi connectivity index (χ3v) is 7.73. The SMILES string of the molecule is COCCN1C(=O)C(=O)C(=C(O)c2ccc(S(=O)(=O)N(C)C)cc2)[C@H]1c1ccc(C(C)C)cc1. The Bertz CT molecular complexity index is 1200. The van der Waals surface area contributed by atoms with Gasteiger partial charge in [0.1, 0.15) is 5.76 Å². The zero-order chi connectivity index (χ0) is 25.2. The van der Waals surface area contributed by atoms with Gasteiger partial charge in [0, 0.05) is 33.3 Å². The molecule has 0 bridgehead atoms. The number of aliphatic hydroxyl groups excluding tert-OH is 1. The van der Waals surface area contributed by atoms with E-state index in [1.807, 2.05) is 24.3 Å². The molecule has 1 aliphatic heterocycles. The van der Waals surface area contributed by atoms with E-state index in [2.05, 4.69) is 13.8 Å². The number of sulfonamides is 1. The number of hydrogen-bond acceptors (Lipinski definition) is 6. The molecule has 1 fully saturated rings. The molecule has 2 aromatic rings. The van der Waals surface area contributed by atoms with E-state index in [9.17, 15) is 23.1 Å². The van der Waals surface area contributed by atoms with Crippen molar-refractivity contribution in [2.24, 2.45) is 0 Å². The summed E-state index contributed by atoms with van der Waals surface area (Å²) in [5, 5.41) is 11.1. The third-order valence-electron chi connectivity index (χ3n) is 5.90. The Balaban J connectivity index is 2.11. The van der Waals surface area contributed by atoms with Gasteiger partial charge in [0.05, 0.1) is 23.1 Å². The van der Waals surface area contributed by atoms with Crippen molar-refractivity contribution < 1.29 is 27.9 Å². The number of methoxy groups -OCH3 is 1. The van der Waals surface area contributed by atoms with Crippen LogP contribution in [-0.4, -0.2) is 68.8 Å². The van der Waals surface area contributed by atoms with Gasteiger partial charge in [0.2, 0.25) is 10.0 Å². The van der Waals surface area contributed by atoms with Gasteiger partial charge in [-0.3, -0.25) is 9.59 Å². The summed E-state index contributed by atoms with van der Waals surface area (Å²) in [6.07, 6.45) is 0. The Morgan fingerprint density at radius 3 is 2.15 bits per heavy atom. The zero-order valence-corrected chi connectivity index (χ0v) is 20.8. The molecular formula is C25H30N2O6S. The van der Waals surface area contributed by atoms with Gasteiger partial charge in [-0.15, -0.1) is 0 Å². The Morgan fingerprint density at radius 2 is 1.65 bits per heavy atom. The van der Waals surface area contributed by atoms with E-state index in [1.165, 1.54) is 50.4 Å². The maximum absolute atomic E-state index is 13.0. The molecule has 0 spiro atoms. The van der Waals surface area contributed by atoms with E-state index in [4.69, 9.17) is 4.74 Å². The summed E-state index contributed by atoms with van der Waals surface area (Å²) in [6.45, 7) is 4.54. The Labute approximate surface area is 200 Å². The minimum Gasteiger partial charge on any atom is -0.507 e. The number of carbonyl (C=O) groups excluding carboxylic acids is 2. The van der Waals surface area contributed by atoms with Crippen molar-refractivity contribution in [2.75, 3.05) is 34.4 Å². The van der Waals surface area contributed by atoms with Crippen LogP contribution in [0.25, 0.3) is 5.76 Å². The molecule has 0 saturated carbocycles. The number of nitrogens with zero attached hydrogens (tertiary/aromatic N) is 2. The number of rotatable bonds is 8. The van der Waals surface area contributed by atoms with E-state index in [0.29, 0.717) is 11.5 Å². The maximum Gasteiger partial charge on any atom is 0.295 e. The molecule has 1 saturated heterocycles. The molecule has 1 atom stereocenters. The first-order valence-corrected chi connectivity index (χ1v) is 12.3. The molecule has 182 valence electrons. The van der Waals surface area contributed by atoms with Crippen LogP contribution in [0.3, 0.4) is 0 Å². The number of ketones is 1. The van der Waals surface area contributed by atoms with Crippen LogP contribution >= 0.6 is 0 Å². The minimum absolute atomic E-state index is 0.0402. The fourth-order valence-corrected chi connectivity index (χ4v) is 4.76. The lowest BCUT2D eigenvalue weighted by Crippen LogP contribution is -2.32. The van der Waals surface area contributed by atoms with E-state index in [1.54, 1.807) is 0 Å². The summed E-state index contributed by atoms with van der Waals surface area (Å²) in [5.41, 5.74) is 2.00. The van der Waals surface area contributed by atoms with Crippen LogP contribution in [0.4, 0.5) is 0 Å². The van der Waals surface area contributed by atoms with Crippen LogP contribution < -0.4 is 0 Å². The normalized spacial score (nSPS) is 18.3. The summed E-state index contributed by atoms with van der Waals surface area (Å²) < 4.78 is 30.9. The molecule has 1 aliphatic rings. The Morgan fingerprint density at radius 1 is 1.06 bits per heavy atom. The van der Waals surface area contributed by atoms with Gasteiger partial charge in [-0.2, -0.15) is 0 Å². The molecule has 0 aromatic heterocycles. The van der Waals surface area contributed by atoms with Crippen molar-refractivity contribution in [1.82, 2.24) is 9.21 Å². The average molecular weight is 487 g/mol. The van der Waals surface area contributed by atoms with Crippen LogP contribution in [0, 0.1) is 0 Å². The van der Waals surface area contributed by atoms with Gasteiger partial charge in [0.25, 0.3) is 11.7 Å². The second-order valence-corrected chi connectivity index (χ2v) is 10.8. The number of Topliss-reactive ketones (excluding diaryl/α,β-unsaturated/α-hetero) is 1. The molecule has 0 unspecified atom stereocenters. The summed E-state index contributed by atoms with van der Waals surface area (Å²) in [5.74, 6) is -1.56. The molecule has 1 N–H and O–H groups in total. The number of carbonyl (C=O) groups is 2. The van der Waals surface area contributed by atoms with Crippen molar-refractivity contribution in [1.29, 1.82) is 0 Å². The predicted molar refractivity (Wildman–Crippen MR) is 129 cm³/mol. The lowest BCUT2D eigenvalue weighted by molar-refractivity contribution is -0.140. The number of amides is 1. The van der Waals surface area contributed by atoms with Gasteiger partial charge in [-0.25, -0.2) is 12.7 Å². The third kappa shape index (κ3) is 4.77. The highest BCUT2D eigenvalue weighted by Gasteiger charge is 2.45. The van der Waals surface area contributed by atoms with E-state index in [0.717, 1.165) is 9.87 Å². The van der Waals surface area contributed by atoms with Gasteiger partial charge < -0.3 is 14.7 Å². The summed E-state index contributed by atoms with van der Waals surface area (Å²) in [4.78, 5) is 27.3. The van der Waals surface area contributed by atoms with Crippen LogP contribution in [0.5, 0.6) is 0 Å². The minimum atomic E-state index is -3.65. The number of aliphatic hydroxyl groups is 1. The van der Waals surface area contributed by atoms with Gasteiger partial charge in [-0.1, -0.05) is 38.1 Å². The first kappa shape index (κ1) is 25.6. The molecule has 0 radical (unpaired) electrons. The first-order valence-electron chi connectivity index (χ1n) is 10.9. The molecular weight excluding hydrogens is 456 g/mol. The first-order chi connectivity index (χ1) is 16.0. The predicted octanol–water partition coefficient (Wildman–Crippen LogP) is 3.13. The van der Waals surface area contributed by atoms with E-state index in [-0.39, 0.29) is 34.9 Å². The zero-order valence-electron chi connectivity index (χ0n) is 20.0. The van der Waals surface area contributed by atoms with E-state index < -0.39 is 27.8 Å². The van der Waals surface area contributed by atoms with Crippen LogP contribution in [0.2, 0.25) is 0 Å². The second kappa shape index (κ2) is 10.1. The second-order valence-electron chi connectivity index (χ2n) is 8.62. The Kier molecular flexibility index (Phi) is 7.60. The number of ether oxygens (including phenoxy) is 1. The van der Waals surface area contributed by atoms with Crippen molar-refractivity contribution in [3.63, 3.8) is 0 Å². The lowest BCUT2D eigenvalue weighted by Gasteiger charge is -2.25. The van der Waals surface area contributed by atoms with Gasteiger partial charge >= 0.3 is 0 Å². The van der Waals surface area contributed by atoms with Crippen molar-refractivity contribution >= 4 is 27.5 Å². The van der Waals surface area contributed by atoms with Crippen molar-refractivity contribution in [2.45, 2.75) is 30.7 Å². The van der Waals surface area contributed by atoms with Crippen LogP contribution in [-0.2, 0) is 24.3 Å². The largest absolute Gasteiger partial charge is 0.507 e. The van der Waals surface area contributed by atoms with Crippen LogP contribution in [0.15, 0.2) is 59.0 Å². The van der Waals surface area contributed by atoms with Crippen molar-refractivity contribution in [3.05, 3.63) is 70.8 Å². The molecule has 2 aromatic carbocycles. The highest BCUT2D eigenvalue weighted by atomic mass is 32.2. The summed E-state index contributed by atoms with van der Waals surface area (Å²) >= 11 is 0. The molecule has 3 rings (SSSR count). The standard InChI is InChI=1S/C25H30N2O6S/c1-16(2)17-6-8-18(9-7-17)22-21(24(29)25(30)27(22)14-15-33-5)23(28)19-10-12-20(13-11-19)34(31,32)26(3)4/h6-13,16,22,28H,14-15H2,1-5H3/t22-/m1/s1. The summed E-state index contributed by atoms with van der Waals surface area (Å²) in [7, 11) is 0.709. The molecule has 1 amide bonds. The molecule has 9 heteroatoms. The van der Waals surface area contributed by atoms with Crippen LogP contribution in [0.1, 0.15) is 42.5 Å². The monoisotopic (exact) mass is 486 g/mol. The fraction of sp³-hybridized carbons (Fsp3) is 0.360. The number of likely N-dealkylation sites (tertiary alicyclic amines) is 1. The van der Waals surface area contributed by atoms with Gasteiger partial charge in [0.15, 0.2) is 0 Å². The van der Waals surface area contributed by atoms with Crippen molar-refractivity contribution in [3.8, 4) is 0 Å². The number of benzene rings is 2. The molecule has 8 nitrogen and oxygen atoms in total. The molecule has 0 aliphatic carbocycles.